The molecule has 0 aromatic carbocycles. The molecule has 1 heterocycles. The summed E-state index contributed by atoms with van der Waals surface area (Å²) in [5.41, 5.74) is 0. The SMILES string of the molecule is CCCC=CCSC[C@H]1COC[C@H]1CC=CCC=CC(=O)O. The zero-order valence-corrected chi connectivity index (χ0v) is 14.3. The second-order valence-corrected chi connectivity index (χ2v) is 6.61. The minimum Gasteiger partial charge on any atom is -0.478 e. The Morgan fingerprint density at radius 3 is 2.77 bits per heavy atom. The molecule has 1 N–H and O–H groups in total. The van der Waals surface area contributed by atoms with Crippen LogP contribution in [0.2, 0.25) is 0 Å². The van der Waals surface area contributed by atoms with Crippen LogP contribution in [0.5, 0.6) is 0 Å². The Balaban J connectivity index is 2.17. The average molecular weight is 324 g/mol. The number of carboxylic acid groups (broad SMARTS) is 1. The maximum Gasteiger partial charge on any atom is 0.327 e. The van der Waals surface area contributed by atoms with Crippen LogP contribution >= 0.6 is 11.8 Å². The Hall–Kier alpha value is -1.00. The lowest BCUT2D eigenvalue weighted by Crippen LogP contribution is -2.14. The highest BCUT2D eigenvalue weighted by atomic mass is 32.2. The van der Waals surface area contributed by atoms with Crippen LogP contribution in [-0.4, -0.2) is 35.8 Å². The highest BCUT2D eigenvalue weighted by Gasteiger charge is 2.26. The summed E-state index contributed by atoms with van der Waals surface area (Å²) in [6.45, 7) is 3.93. The van der Waals surface area contributed by atoms with E-state index in [-0.39, 0.29) is 0 Å². The summed E-state index contributed by atoms with van der Waals surface area (Å²) in [4.78, 5) is 10.3. The number of rotatable bonds is 11. The fourth-order valence-electron chi connectivity index (χ4n) is 2.34. The van der Waals surface area contributed by atoms with E-state index in [0.29, 0.717) is 18.3 Å². The van der Waals surface area contributed by atoms with Crippen LogP contribution in [0.3, 0.4) is 0 Å². The van der Waals surface area contributed by atoms with Crippen LogP contribution in [0.15, 0.2) is 36.5 Å². The minimum absolute atomic E-state index is 0.604. The molecule has 1 fully saturated rings. The number of ether oxygens (including phenoxy) is 1. The van der Waals surface area contributed by atoms with Gasteiger partial charge in [-0.25, -0.2) is 4.79 Å². The predicted molar refractivity (Wildman–Crippen MR) is 94.3 cm³/mol. The molecule has 1 aliphatic heterocycles. The first-order valence-corrected chi connectivity index (χ1v) is 9.24. The van der Waals surface area contributed by atoms with Crippen molar-refractivity contribution in [3.05, 3.63) is 36.5 Å². The molecule has 0 unspecified atom stereocenters. The van der Waals surface area contributed by atoms with Crippen molar-refractivity contribution in [3.63, 3.8) is 0 Å². The zero-order chi connectivity index (χ0) is 16.0. The molecule has 1 aliphatic rings. The molecule has 3 nitrogen and oxygen atoms in total. The second kappa shape index (κ2) is 12.5. The molecular formula is C18H28O3S. The van der Waals surface area contributed by atoms with Crippen molar-refractivity contribution in [3.8, 4) is 0 Å². The van der Waals surface area contributed by atoms with E-state index < -0.39 is 5.97 Å². The topological polar surface area (TPSA) is 46.5 Å². The van der Waals surface area contributed by atoms with E-state index in [1.54, 1.807) is 6.08 Å². The number of carboxylic acids is 1. The summed E-state index contributed by atoms with van der Waals surface area (Å²) >= 11 is 1.99. The van der Waals surface area contributed by atoms with E-state index in [1.807, 2.05) is 17.8 Å². The van der Waals surface area contributed by atoms with E-state index >= 15 is 0 Å². The Labute approximate surface area is 138 Å². The standard InChI is InChI=1S/C18H28O3S/c1-2-3-4-9-12-22-15-17-14-21-13-16(17)10-7-5-6-8-11-18(19)20/h4-5,7-9,11,16-17H,2-3,6,10,12-15H2,1H3,(H,19,20)/t16-,17-/m1/s1. The summed E-state index contributed by atoms with van der Waals surface area (Å²) in [6.07, 6.45) is 15.7. The maximum atomic E-state index is 10.3. The number of thioether (sulfide) groups is 1. The van der Waals surface area contributed by atoms with Gasteiger partial charge in [0.25, 0.3) is 0 Å². The largest absolute Gasteiger partial charge is 0.478 e. The third-order valence-electron chi connectivity index (χ3n) is 3.64. The molecule has 0 saturated carbocycles. The molecule has 0 bridgehead atoms. The molecule has 124 valence electrons. The maximum absolute atomic E-state index is 10.3. The van der Waals surface area contributed by atoms with Crippen molar-refractivity contribution in [1.29, 1.82) is 0 Å². The van der Waals surface area contributed by atoms with Gasteiger partial charge in [-0.05, 0) is 36.9 Å². The first-order chi connectivity index (χ1) is 10.7. The molecular weight excluding hydrogens is 296 g/mol. The number of unbranched alkanes of at least 4 members (excludes halogenated alkanes) is 1. The van der Waals surface area contributed by atoms with Crippen LogP contribution < -0.4 is 0 Å². The van der Waals surface area contributed by atoms with Crippen LogP contribution in [-0.2, 0) is 9.53 Å². The van der Waals surface area contributed by atoms with Gasteiger partial charge in [-0.2, -0.15) is 11.8 Å². The van der Waals surface area contributed by atoms with Crippen LogP contribution in [0.4, 0.5) is 0 Å². The van der Waals surface area contributed by atoms with Crippen LogP contribution in [0.1, 0.15) is 32.6 Å². The summed E-state index contributed by atoms with van der Waals surface area (Å²) in [5.74, 6) is 2.62. The fourth-order valence-corrected chi connectivity index (χ4v) is 3.42. The number of carbonyl (C=O) groups is 1. The van der Waals surface area contributed by atoms with E-state index in [1.165, 1.54) is 18.9 Å². The summed E-state index contributed by atoms with van der Waals surface area (Å²) in [5, 5.41) is 8.49. The van der Waals surface area contributed by atoms with Crippen molar-refractivity contribution in [2.45, 2.75) is 32.6 Å². The molecule has 0 spiro atoms. The van der Waals surface area contributed by atoms with Gasteiger partial charge in [0, 0.05) is 11.8 Å². The van der Waals surface area contributed by atoms with E-state index in [2.05, 4.69) is 25.2 Å². The lowest BCUT2D eigenvalue weighted by molar-refractivity contribution is -0.131. The van der Waals surface area contributed by atoms with Gasteiger partial charge in [0.2, 0.25) is 0 Å². The molecule has 4 heteroatoms. The lowest BCUT2D eigenvalue weighted by atomic mass is 9.94. The summed E-state index contributed by atoms with van der Waals surface area (Å²) in [7, 11) is 0. The Kier molecular flexibility index (Phi) is 10.9. The lowest BCUT2D eigenvalue weighted by Gasteiger charge is -2.14. The molecule has 0 aliphatic carbocycles. The van der Waals surface area contributed by atoms with Gasteiger partial charge in [-0.3, -0.25) is 0 Å². The van der Waals surface area contributed by atoms with Gasteiger partial charge in [0.1, 0.15) is 0 Å². The first kappa shape index (κ1) is 19.0. The van der Waals surface area contributed by atoms with E-state index in [4.69, 9.17) is 9.84 Å². The molecule has 2 atom stereocenters. The predicted octanol–water partition coefficient (Wildman–Crippen LogP) is 4.32. The molecule has 1 rings (SSSR count). The van der Waals surface area contributed by atoms with E-state index in [0.717, 1.165) is 31.1 Å². The van der Waals surface area contributed by atoms with Gasteiger partial charge in [-0.15, -0.1) is 0 Å². The van der Waals surface area contributed by atoms with Crippen molar-refractivity contribution in [1.82, 2.24) is 0 Å². The molecule has 0 radical (unpaired) electrons. The molecule has 0 amide bonds. The monoisotopic (exact) mass is 324 g/mol. The highest BCUT2D eigenvalue weighted by Crippen LogP contribution is 2.27. The van der Waals surface area contributed by atoms with Gasteiger partial charge in [0.15, 0.2) is 0 Å². The Bertz CT molecular complexity index is 388. The Morgan fingerprint density at radius 1 is 1.18 bits per heavy atom. The van der Waals surface area contributed by atoms with Gasteiger partial charge >= 0.3 is 5.97 Å². The second-order valence-electron chi connectivity index (χ2n) is 5.54. The molecule has 0 aromatic heterocycles. The average Bonchev–Trinajstić information content (AvgIpc) is 2.93. The fraction of sp³-hybridized carbons (Fsp3) is 0.611. The smallest absolute Gasteiger partial charge is 0.327 e. The minimum atomic E-state index is -0.886. The number of hydrogen-bond acceptors (Lipinski definition) is 3. The molecule has 1 saturated heterocycles. The zero-order valence-electron chi connectivity index (χ0n) is 13.4. The van der Waals surface area contributed by atoms with Gasteiger partial charge < -0.3 is 9.84 Å². The van der Waals surface area contributed by atoms with Crippen molar-refractivity contribution >= 4 is 17.7 Å². The van der Waals surface area contributed by atoms with Crippen molar-refractivity contribution in [2.75, 3.05) is 24.7 Å². The van der Waals surface area contributed by atoms with Gasteiger partial charge in [-0.1, -0.05) is 43.7 Å². The normalized spacial score (nSPS) is 22.4. The van der Waals surface area contributed by atoms with Gasteiger partial charge in [0.05, 0.1) is 13.2 Å². The number of allylic oxidation sites excluding steroid dienone is 4. The van der Waals surface area contributed by atoms with E-state index in [9.17, 15) is 4.79 Å². The summed E-state index contributed by atoms with van der Waals surface area (Å²) < 4.78 is 5.62. The third kappa shape index (κ3) is 9.11. The highest BCUT2D eigenvalue weighted by molar-refractivity contribution is 7.99. The Morgan fingerprint density at radius 2 is 2.00 bits per heavy atom. The number of hydrogen-bond donors (Lipinski definition) is 1. The van der Waals surface area contributed by atoms with Crippen LogP contribution in [0.25, 0.3) is 0 Å². The van der Waals surface area contributed by atoms with Crippen molar-refractivity contribution < 1.29 is 14.6 Å². The quantitative estimate of drug-likeness (QED) is 0.349. The third-order valence-corrected chi connectivity index (χ3v) is 4.73. The van der Waals surface area contributed by atoms with Crippen molar-refractivity contribution in [2.24, 2.45) is 11.8 Å². The summed E-state index contributed by atoms with van der Waals surface area (Å²) in [6, 6.07) is 0. The molecule has 0 aromatic rings. The van der Waals surface area contributed by atoms with Crippen LogP contribution in [0, 0.1) is 11.8 Å². The number of aliphatic carboxylic acids is 1. The first-order valence-electron chi connectivity index (χ1n) is 8.09. The molecule has 22 heavy (non-hydrogen) atoms.